The minimum absolute atomic E-state index is 0.0510. The Hall–Kier alpha value is -2.59. The SMILES string of the molecule is O=C(c1ccc(-c2ccccc2Cl)o1)N1CCC[C@H]1c1cccnc1. The molecule has 0 aliphatic carbocycles. The van der Waals surface area contributed by atoms with Gasteiger partial charge in [-0.1, -0.05) is 29.8 Å². The molecule has 4 rings (SSSR count). The van der Waals surface area contributed by atoms with Crippen molar-refractivity contribution < 1.29 is 9.21 Å². The van der Waals surface area contributed by atoms with Crippen molar-refractivity contribution in [1.82, 2.24) is 9.88 Å². The van der Waals surface area contributed by atoms with Gasteiger partial charge in [-0.2, -0.15) is 0 Å². The first-order valence-electron chi connectivity index (χ1n) is 8.29. The first kappa shape index (κ1) is 15.9. The number of pyridine rings is 1. The van der Waals surface area contributed by atoms with E-state index in [1.807, 2.05) is 41.4 Å². The summed E-state index contributed by atoms with van der Waals surface area (Å²) in [6, 6.07) is 14.9. The van der Waals surface area contributed by atoms with Crippen LogP contribution in [-0.4, -0.2) is 22.3 Å². The zero-order chi connectivity index (χ0) is 17.2. The number of hydrogen-bond donors (Lipinski definition) is 0. The number of hydrogen-bond acceptors (Lipinski definition) is 3. The van der Waals surface area contributed by atoms with E-state index in [0.29, 0.717) is 16.5 Å². The molecule has 1 aliphatic heterocycles. The third-order valence-corrected chi connectivity index (χ3v) is 4.87. The van der Waals surface area contributed by atoms with Crippen LogP contribution in [0.2, 0.25) is 5.02 Å². The second-order valence-corrected chi connectivity index (χ2v) is 6.49. The van der Waals surface area contributed by atoms with Gasteiger partial charge in [0.1, 0.15) is 5.76 Å². The van der Waals surface area contributed by atoms with Crippen molar-refractivity contribution in [3.05, 3.63) is 77.3 Å². The van der Waals surface area contributed by atoms with Crippen LogP contribution in [-0.2, 0) is 0 Å². The Balaban J connectivity index is 1.60. The first-order valence-corrected chi connectivity index (χ1v) is 8.67. The van der Waals surface area contributed by atoms with E-state index in [1.165, 1.54) is 0 Å². The zero-order valence-electron chi connectivity index (χ0n) is 13.6. The van der Waals surface area contributed by atoms with Crippen molar-refractivity contribution in [2.75, 3.05) is 6.54 Å². The lowest BCUT2D eigenvalue weighted by Crippen LogP contribution is -2.30. The van der Waals surface area contributed by atoms with E-state index in [2.05, 4.69) is 4.98 Å². The zero-order valence-corrected chi connectivity index (χ0v) is 14.3. The standard InChI is InChI=1S/C20H17ClN2O2/c21-16-7-2-1-6-15(16)18-9-10-19(25-18)20(24)23-12-4-8-17(23)14-5-3-11-22-13-14/h1-3,5-7,9-11,13,17H,4,8,12H2/t17-/m0/s1. The third-order valence-electron chi connectivity index (χ3n) is 4.54. The summed E-state index contributed by atoms with van der Waals surface area (Å²) in [7, 11) is 0. The summed E-state index contributed by atoms with van der Waals surface area (Å²) in [6.07, 6.45) is 5.49. The predicted octanol–water partition coefficient (Wildman–Crippen LogP) is 4.97. The number of nitrogens with zero attached hydrogens (tertiary/aromatic N) is 2. The summed E-state index contributed by atoms with van der Waals surface area (Å²) in [5, 5.41) is 0.602. The number of furan rings is 1. The molecule has 25 heavy (non-hydrogen) atoms. The van der Waals surface area contributed by atoms with Crippen LogP contribution in [0.3, 0.4) is 0 Å². The quantitative estimate of drug-likeness (QED) is 0.668. The summed E-state index contributed by atoms with van der Waals surface area (Å²) < 4.78 is 5.82. The number of aromatic nitrogens is 1. The van der Waals surface area contributed by atoms with Crippen LogP contribution in [0.4, 0.5) is 0 Å². The van der Waals surface area contributed by atoms with Crippen molar-refractivity contribution in [3.63, 3.8) is 0 Å². The molecule has 0 radical (unpaired) electrons. The number of likely N-dealkylation sites (tertiary alicyclic amines) is 1. The minimum atomic E-state index is -0.0929. The maximum atomic E-state index is 12.9. The van der Waals surface area contributed by atoms with E-state index < -0.39 is 0 Å². The van der Waals surface area contributed by atoms with Crippen molar-refractivity contribution in [2.24, 2.45) is 0 Å². The van der Waals surface area contributed by atoms with Crippen LogP contribution in [0.5, 0.6) is 0 Å². The van der Waals surface area contributed by atoms with E-state index in [9.17, 15) is 4.79 Å². The van der Waals surface area contributed by atoms with Gasteiger partial charge in [0.05, 0.1) is 11.1 Å². The molecule has 4 nitrogen and oxygen atoms in total. The number of carbonyl (C=O) groups is 1. The molecule has 0 unspecified atom stereocenters. The third kappa shape index (κ3) is 3.05. The highest BCUT2D eigenvalue weighted by Gasteiger charge is 2.32. The molecule has 2 aromatic heterocycles. The maximum Gasteiger partial charge on any atom is 0.290 e. The molecule has 1 aliphatic rings. The van der Waals surface area contributed by atoms with Crippen molar-refractivity contribution in [2.45, 2.75) is 18.9 Å². The lowest BCUT2D eigenvalue weighted by molar-refractivity contribution is 0.0704. The monoisotopic (exact) mass is 352 g/mol. The molecule has 0 N–H and O–H groups in total. The average molecular weight is 353 g/mol. The number of amides is 1. The van der Waals surface area contributed by atoms with Gasteiger partial charge >= 0.3 is 0 Å². The van der Waals surface area contributed by atoms with Crippen LogP contribution < -0.4 is 0 Å². The molecule has 5 heteroatoms. The summed E-state index contributed by atoms with van der Waals surface area (Å²) in [5.41, 5.74) is 1.85. The van der Waals surface area contributed by atoms with E-state index >= 15 is 0 Å². The van der Waals surface area contributed by atoms with Crippen molar-refractivity contribution in [1.29, 1.82) is 0 Å². The number of benzene rings is 1. The van der Waals surface area contributed by atoms with E-state index in [-0.39, 0.29) is 11.9 Å². The highest BCUT2D eigenvalue weighted by atomic mass is 35.5. The van der Waals surface area contributed by atoms with Gasteiger partial charge < -0.3 is 9.32 Å². The molecule has 1 fully saturated rings. The summed E-state index contributed by atoms with van der Waals surface area (Å²) >= 11 is 6.22. The van der Waals surface area contributed by atoms with Gasteiger partial charge in [-0.15, -0.1) is 0 Å². The number of halogens is 1. The predicted molar refractivity (Wildman–Crippen MR) is 96.4 cm³/mol. The first-order chi connectivity index (χ1) is 12.2. The number of rotatable bonds is 3. The summed E-state index contributed by atoms with van der Waals surface area (Å²) in [4.78, 5) is 19.0. The smallest absolute Gasteiger partial charge is 0.290 e. The molecule has 126 valence electrons. The van der Waals surface area contributed by atoms with Crippen LogP contribution >= 0.6 is 11.6 Å². The Kier molecular flexibility index (Phi) is 4.28. The molecular weight excluding hydrogens is 336 g/mol. The largest absolute Gasteiger partial charge is 0.451 e. The molecule has 1 saturated heterocycles. The highest BCUT2D eigenvalue weighted by molar-refractivity contribution is 6.33. The normalized spacial score (nSPS) is 17.0. The average Bonchev–Trinajstić information content (AvgIpc) is 3.32. The molecule has 1 amide bonds. The fourth-order valence-electron chi connectivity index (χ4n) is 3.33. The van der Waals surface area contributed by atoms with Gasteiger partial charge in [0, 0.05) is 24.5 Å². The van der Waals surface area contributed by atoms with Gasteiger partial charge in [-0.3, -0.25) is 9.78 Å². The summed E-state index contributed by atoms with van der Waals surface area (Å²) in [5.74, 6) is 0.849. The van der Waals surface area contributed by atoms with Gasteiger partial charge in [0.25, 0.3) is 5.91 Å². The fourth-order valence-corrected chi connectivity index (χ4v) is 3.56. The second kappa shape index (κ2) is 6.73. The Labute approximate surface area is 151 Å². The number of carbonyl (C=O) groups excluding carboxylic acids is 1. The topological polar surface area (TPSA) is 46.3 Å². The van der Waals surface area contributed by atoms with Crippen molar-refractivity contribution in [3.8, 4) is 11.3 Å². The minimum Gasteiger partial charge on any atom is -0.451 e. The maximum absolute atomic E-state index is 12.9. The molecule has 1 atom stereocenters. The molecule has 3 aromatic rings. The molecular formula is C20H17ClN2O2. The van der Waals surface area contributed by atoms with Gasteiger partial charge in [-0.25, -0.2) is 0 Å². The lowest BCUT2D eigenvalue weighted by Gasteiger charge is -2.23. The van der Waals surface area contributed by atoms with Crippen LogP contribution in [0.1, 0.15) is 35.0 Å². The van der Waals surface area contributed by atoms with Crippen LogP contribution in [0.25, 0.3) is 11.3 Å². The highest BCUT2D eigenvalue weighted by Crippen LogP contribution is 2.34. The van der Waals surface area contributed by atoms with Crippen LogP contribution in [0, 0.1) is 0 Å². The van der Waals surface area contributed by atoms with Gasteiger partial charge in [0.2, 0.25) is 0 Å². The molecule has 3 heterocycles. The molecule has 1 aromatic carbocycles. The fraction of sp³-hybridized carbons (Fsp3) is 0.200. The Morgan fingerprint density at radius 1 is 1.16 bits per heavy atom. The Bertz CT molecular complexity index is 891. The van der Waals surface area contributed by atoms with Gasteiger partial charge in [-0.05, 0) is 48.7 Å². The van der Waals surface area contributed by atoms with Crippen LogP contribution in [0.15, 0.2) is 65.3 Å². The van der Waals surface area contributed by atoms with E-state index in [4.69, 9.17) is 16.0 Å². The lowest BCUT2D eigenvalue weighted by atomic mass is 10.1. The molecule has 0 saturated carbocycles. The molecule has 0 bridgehead atoms. The van der Waals surface area contributed by atoms with E-state index in [1.54, 1.807) is 24.4 Å². The van der Waals surface area contributed by atoms with Crippen molar-refractivity contribution >= 4 is 17.5 Å². The second-order valence-electron chi connectivity index (χ2n) is 6.09. The van der Waals surface area contributed by atoms with E-state index in [0.717, 1.165) is 30.5 Å². The van der Waals surface area contributed by atoms with Gasteiger partial charge in [0.15, 0.2) is 5.76 Å². The Morgan fingerprint density at radius 3 is 2.84 bits per heavy atom. The summed E-state index contributed by atoms with van der Waals surface area (Å²) in [6.45, 7) is 0.723. The molecule has 0 spiro atoms. The Morgan fingerprint density at radius 2 is 2.04 bits per heavy atom.